The normalized spacial score (nSPS) is 10.5. The Kier molecular flexibility index (Phi) is 7.53. The molecular formula is C32H25N5O4. The van der Waals surface area contributed by atoms with Gasteiger partial charge in [-0.2, -0.15) is 10.5 Å². The van der Waals surface area contributed by atoms with Crippen LogP contribution in [0.15, 0.2) is 79.0 Å². The van der Waals surface area contributed by atoms with Crippen LogP contribution in [-0.4, -0.2) is 29.2 Å². The molecule has 41 heavy (non-hydrogen) atoms. The summed E-state index contributed by atoms with van der Waals surface area (Å²) in [5, 5.41) is 23.4. The van der Waals surface area contributed by atoms with Crippen LogP contribution in [0.5, 0.6) is 17.4 Å². The number of carbonyl (C=O) groups excluding carboxylic acids is 1. The first kappa shape index (κ1) is 26.8. The van der Waals surface area contributed by atoms with Crippen LogP contribution in [0.2, 0.25) is 0 Å². The van der Waals surface area contributed by atoms with E-state index in [9.17, 15) is 15.3 Å². The molecule has 2 heterocycles. The predicted molar refractivity (Wildman–Crippen MR) is 154 cm³/mol. The molecule has 9 heteroatoms. The molecule has 0 radical (unpaired) electrons. The van der Waals surface area contributed by atoms with Gasteiger partial charge in [-0.15, -0.1) is 0 Å². The smallest absolute Gasteiger partial charge is 0.340 e. The highest BCUT2D eigenvalue weighted by atomic mass is 16.5. The van der Waals surface area contributed by atoms with Crippen molar-refractivity contribution in [3.63, 3.8) is 0 Å². The minimum Gasteiger partial charge on any atom is -0.497 e. The van der Waals surface area contributed by atoms with Gasteiger partial charge in [0.15, 0.2) is 0 Å². The lowest BCUT2D eigenvalue weighted by molar-refractivity contribution is 0.0527. The third kappa shape index (κ3) is 5.12. The molecule has 1 N–H and O–H groups in total. The first-order chi connectivity index (χ1) is 20.0. The molecule has 0 atom stereocenters. The van der Waals surface area contributed by atoms with Gasteiger partial charge in [0.1, 0.15) is 29.2 Å². The molecule has 0 aliphatic rings. The molecule has 0 saturated heterocycles. The topological polar surface area (TPSA) is 122 Å². The number of para-hydroxylation sites is 1. The number of aromatic nitrogens is 2. The summed E-state index contributed by atoms with van der Waals surface area (Å²) in [4.78, 5) is 17.3. The maximum atomic E-state index is 13.1. The Morgan fingerprint density at radius 2 is 1.73 bits per heavy atom. The van der Waals surface area contributed by atoms with Crippen LogP contribution < -0.4 is 14.8 Å². The fraction of sp³-hybridized carbons (Fsp3) is 0.125. The number of benzene rings is 3. The van der Waals surface area contributed by atoms with E-state index in [1.165, 1.54) is 6.20 Å². The number of hydrogen-bond acceptors (Lipinski definition) is 8. The van der Waals surface area contributed by atoms with Crippen LogP contribution in [0.3, 0.4) is 0 Å². The molecule has 5 rings (SSSR count). The molecule has 0 spiro atoms. The Hall–Kier alpha value is -5.80. The lowest BCUT2D eigenvalue weighted by Crippen LogP contribution is -2.07. The lowest BCUT2D eigenvalue weighted by Gasteiger charge is -2.13. The van der Waals surface area contributed by atoms with Gasteiger partial charge in [0.2, 0.25) is 5.88 Å². The number of carbonyl (C=O) groups is 1. The zero-order valence-electron chi connectivity index (χ0n) is 22.6. The van der Waals surface area contributed by atoms with E-state index in [2.05, 4.69) is 22.4 Å². The summed E-state index contributed by atoms with van der Waals surface area (Å²) in [5.41, 5.74) is 3.98. The van der Waals surface area contributed by atoms with E-state index < -0.39 is 5.97 Å². The molecule has 5 aromatic rings. The SMILES string of the molecule is CCOC(=O)c1c(C)n(-c2ccc(OC)cc2)c2ccc(Oc3ncc(C#N)c(Nc4ccccc4)c3C#N)cc12. The molecule has 0 saturated carbocycles. The highest BCUT2D eigenvalue weighted by Crippen LogP contribution is 2.36. The standard InChI is InChI=1S/C32H25N5O4/c1-4-40-32(38)29-20(2)37(23-10-12-24(39-3)13-11-23)28-15-14-25(16-26(28)29)41-31-27(18-34)30(21(17-33)19-35-31)36-22-8-6-5-7-9-22/h5-16,19H,4H2,1-3H3,(H,35,36). The molecule has 2 aromatic heterocycles. The second-order valence-corrected chi connectivity index (χ2v) is 8.94. The molecule has 0 fully saturated rings. The molecule has 0 amide bonds. The number of nitrogens with zero attached hydrogens (tertiary/aromatic N) is 4. The van der Waals surface area contributed by atoms with Crippen LogP contribution in [0.4, 0.5) is 11.4 Å². The Balaban J connectivity index is 1.61. The number of anilines is 2. The molecule has 202 valence electrons. The van der Waals surface area contributed by atoms with Crippen LogP contribution in [0, 0.1) is 29.6 Å². The maximum Gasteiger partial charge on any atom is 0.340 e. The van der Waals surface area contributed by atoms with Gasteiger partial charge in [-0.05, 0) is 68.4 Å². The monoisotopic (exact) mass is 543 g/mol. The average Bonchev–Trinajstić information content (AvgIpc) is 3.29. The van der Waals surface area contributed by atoms with Crippen LogP contribution in [0.1, 0.15) is 34.1 Å². The number of rotatable bonds is 8. The Labute approximate surface area is 236 Å². The quantitative estimate of drug-likeness (QED) is 0.212. The average molecular weight is 544 g/mol. The van der Waals surface area contributed by atoms with Crippen LogP contribution in [0.25, 0.3) is 16.6 Å². The summed E-state index contributed by atoms with van der Waals surface area (Å²) in [6.07, 6.45) is 1.36. The van der Waals surface area contributed by atoms with E-state index in [4.69, 9.17) is 14.2 Å². The number of pyridine rings is 1. The minimum absolute atomic E-state index is 0.0216. The molecule has 0 aliphatic heterocycles. The largest absolute Gasteiger partial charge is 0.497 e. The van der Waals surface area contributed by atoms with Crippen molar-refractivity contribution in [2.75, 3.05) is 19.0 Å². The summed E-state index contributed by atoms with van der Waals surface area (Å²) in [6.45, 7) is 3.83. The second kappa shape index (κ2) is 11.5. The van der Waals surface area contributed by atoms with Crippen molar-refractivity contribution in [3.8, 4) is 35.2 Å². The number of nitriles is 2. The third-order valence-electron chi connectivity index (χ3n) is 6.52. The van der Waals surface area contributed by atoms with Crippen molar-refractivity contribution in [3.05, 3.63) is 101 Å². The van der Waals surface area contributed by atoms with Gasteiger partial charge in [0.05, 0.1) is 42.2 Å². The number of fused-ring (bicyclic) bond motifs is 1. The maximum absolute atomic E-state index is 13.1. The number of hydrogen-bond donors (Lipinski definition) is 1. The summed E-state index contributed by atoms with van der Waals surface area (Å²) in [7, 11) is 1.60. The fourth-order valence-electron chi connectivity index (χ4n) is 4.65. The molecule has 9 nitrogen and oxygen atoms in total. The van der Waals surface area contributed by atoms with Gasteiger partial charge in [0, 0.05) is 22.5 Å². The zero-order chi connectivity index (χ0) is 28.9. The summed E-state index contributed by atoms with van der Waals surface area (Å²) < 4.78 is 18.8. The highest BCUT2D eigenvalue weighted by molar-refractivity contribution is 6.07. The Morgan fingerprint density at radius 1 is 1.00 bits per heavy atom. The highest BCUT2D eigenvalue weighted by Gasteiger charge is 2.23. The van der Waals surface area contributed by atoms with Gasteiger partial charge >= 0.3 is 5.97 Å². The van der Waals surface area contributed by atoms with Crippen molar-refractivity contribution in [1.82, 2.24) is 9.55 Å². The Bertz CT molecular complexity index is 1830. The number of esters is 1. The minimum atomic E-state index is -0.456. The zero-order valence-corrected chi connectivity index (χ0v) is 22.6. The summed E-state index contributed by atoms with van der Waals surface area (Å²) in [6, 6.07) is 26.2. The first-order valence-corrected chi connectivity index (χ1v) is 12.8. The molecular weight excluding hydrogens is 518 g/mol. The molecule has 0 bridgehead atoms. The van der Waals surface area contributed by atoms with Crippen LogP contribution >= 0.6 is 0 Å². The van der Waals surface area contributed by atoms with Crippen molar-refractivity contribution in [1.29, 1.82) is 10.5 Å². The number of ether oxygens (including phenoxy) is 3. The lowest BCUT2D eigenvalue weighted by atomic mass is 10.1. The fourth-order valence-corrected chi connectivity index (χ4v) is 4.65. The predicted octanol–water partition coefficient (Wildman–Crippen LogP) is 6.80. The van der Waals surface area contributed by atoms with E-state index >= 15 is 0 Å². The van der Waals surface area contributed by atoms with Crippen molar-refractivity contribution in [2.45, 2.75) is 13.8 Å². The second-order valence-electron chi connectivity index (χ2n) is 8.94. The summed E-state index contributed by atoms with van der Waals surface area (Å²) >= 11 is 0. The molecule has 3 aromatic carbocycles. The van der Waals surface area contributed by atoms with E-state index in [-0.39, 0.29) is 23.6 Å². The van der Waals surface area contributed by atoms with Crippen LogP contribution in [-0.2, 0) is 4.74 Å². The molecule has 0 aliphatic carbocycles. The Morgan fingerprint density at radius 3 is 2.39 bits per heavy atom. The van der Waals surface area contributed by atoms with E-state index in [1.807, 2.05) is 72.2 Å². The number of methoxy groups -OCH3 is 1. The van der Waals surface area contributed by atoms with E-state index in [1.54, 1.807) is 26.2 Å². The van der Waals surface area contributed by atoms with Crippen molar-refractivity contribution in [2.24, 2.45) is 0 Å². The van der Waals surface area contributed by atoms with E-state index in [0.717, 1.165) is 11.2 Å². The first-order valence-electron chi connectivity index (χ1n) is 12.8. The van der Waals surface area contributed by atoms with Gasteiger partial charge in [0.25, 0.3) is 0 Å². The van der Waals surface area contributed by atoms with Gasteiger partial charge in [-0.25, -0.2) is 9.78 Å². The summed E-state index contributed by atoms with van der Waals surface area (Å²) in [5.74, 6) is 0.638. The van der Waals surface area contributed by atoms with Gasteiger partial charge < -0.3 is 24.1 Å². The van der Waals surface area contributed by atoms with Gasteiger partial charge in [-0.3, -0.25) is 0 Å². The van der Waals surface area contributed by atoms with Gasteiger partial charge in [-0.1, -0.05) is 18.2 Å². The number of nitrogens with one attached hydrogen (secondary N) is 1. The van der Waals surface area contributed by atoms with Crippen molar-refractivity contribution < 1.29 is 19.0 Å². The van der Waals surface area contributed by atoms with Crippen molar-refractivity contribution >= 4 is 28.2 Å². The third-order valence-corrected chi connectivity index (χ3v) is 6.52. The van der Waals surface area contributed by atoms with E-state index in [0.29, 0.717) is 39.5 Å². The molecule has 0 unspecified atom stereocenters.